The second-order valence-corrected chi connectivity index (χ2v) is 5.81. The van der Waals surface area contributed by atoms with Crippen LogP contribution in [-0.4, -0.2) is 48.2 Å². The van der Waals surface area contributed by atoms with Gasteiger partial charge in [-0.3, -0.25) is 15.0 Å². The first kappa shape index (κ1) is 23.5. The van der Waals surface area contributed by atoms with E-state index >= 15 is 0 Å². The number of non-ortho nitro benzene ring substituents is 1. The number of hydrogen-bond acceptors (Lipinski definition) is 6. The summed E-state index contributed by atoms with van der Waals surface area (Å²) < 4.78 is 5.11. The molecule has 1 aliphatic rings. The second-order valence-electron chi connectivity index (χ2n) is 5.81. The average molecular weight is 394 g/mol. The molecule has 0 bridgehead atoms. The van der Waals surface area contributed by atoms with Gasteiger partial charge in [-0.15, -0.1) is 31.4 Å². The third kappa shape index (κ3) is 5.74. The van der Waals surface area contributed by atoms with Gasteiger partial charge in [0.2, 0.25) is 0 Å². The number of methoxy groups -OCH3 is 1. The number of hydrogen-bond donors (Lipinski definition) is 2. The van der Waals surface area contributed by atoms with E-state index in [9.17, 15) is 15.2 Å². The van der Waals surface area contributed by atoms with Crippen molar-refractivity contribution < 1.29 is 14.8 Å². The summed E-state index contributed by atoms with van der Waals surface area (Å²) in [5.74, 6) is 0.0823. The Labute approximate surface area is 160 Å². The second kappa shape index (κ2) is 10.5. The Morgan fingerprint density at radius 2 is 2.04 bits per heavy atom. The Morgan fingerprint density at radius 1 is 1.44 bits per heavy atom. The van der Waals surface area contributed by atoms with E-state index in [1.807, 2.05) is 6.92 Å². The van der Waals surface area contributed by atoms with Gasteiger partial charge in [0.1, 0.15) is 0 Å². The van der Waals surface area contributed by atoms with E-state index in [2.05, 4.69) is 16.8 Å². The predicted molar refractivity (Wildman–Crippen MR) is 102 cm³/mol. The lowest BCUT2D eigenvalue weighted by Crippen LogP contribution is -2.45. The molecule has 1 fully saturated rings. The van der Waals surface area contributed by atoms with Crippen LogP contribution in [0.1, 0.15) is 24.9 Å². The summed E-state index contributed by atoms with van der Waals surface area (Å²) >= 11 is 0. The number of piperazine rings is 1. The van der Waals surface area contributed by atoms with Gasteiger partial charge in [-0.2, -0.15) is 0 Å². The zero-order chi connectivity index (χ0) is 17.0. The molecule has 0 aliphatic carbocycles. The third-order valence-electron chi connectivity index (χ3n) is 4.01. The van der Waals surface area contributed by atoms with Crippen LogP contribution in [0.15, 0.2) is 24.3 Å². The molecule has 0 aromatic heterocycles. The molecular weight excluding hydrogens is 369 g/mol. The topological polar surface area (TPSA) is 87.9 Å². The van der Waals surface area contributed by atoms with Gasteiger partial charge in [-0.05, 0) is 13.3 Å². The minimum absolute atomic E-state index is 0. The summed E-state index contributed by atoms with van der Waals surface area (Å²) in [6, 6.07) is 2.52. The van der Waals surface area contributed by atoms with Crippen molar-refractivity contribution in [3.8, 4) is 11.5 Å². The maximum Gasteiger partial charge on any atom is 0.273 e. The van der Waals surface area contributed by atoms with Crippen molar-refractivity contribution in [3.05, 3.63) is 40.0 Å². The molecule has 25 heavy (non-hydrogen) atoms. The van der Waals surface area contributed by atoms with Crippen LogP contribution in [-0.2, 0) is 0 Å². The summed E-state index contributed by atoms with van der Waals surface area (Å²) in [6.45, 7) is 9.18. The van der Waals surface area contributed by atoms with Crippen LogP contribution in [0, 0.1) is 10.1 Å². The summed E-state index contributed by atoms with van der Waals surface area (Å²) in [6.07, 6.45) is 0.623. The molecule has 1 heterocycles. The maximum atomic E-state index is 11.2. The number of phenolic OH excluding ortho intramolecular Hbond substituents is 1. The number of rotatable bonds is 6. The molecule has 1 aromatic rings. The standard InChI is InChI=1S/C16H23N3O4.2ClH/c1-11(2)8-14(18-6-4-17-5-7-18)13-9-12(19(21)22)10-15(23-3)16(13)20;;/h9-10,14,17,20H,1,4-8H2,2-3H3;2*1H/t14-;;/m1../s1. The Bertz CT molecular complexity index is 607. The monoisotopic (exact) mass is 393 g/mol. The van der Waals surface area contributed by atoms with E-state index in [1.54, 1.807) is 0 Å². The van der Waals surface area contributed by atoms with Gasteiger partial charge in [0.05, 0.1) is 18.1 Å². The summed E-state index contributed by atoms with van der Waals surface area (Å²) in [5.41, 5.74) is 1.39. The quantitative estimate of drug-likeness (QED) is 0.438. The van der Waals surface area contributed by atoms with Crippen molar-refractivity contribution in [3.63, 3.8) is 0 Å². The van der Waals surface area contributed by atoms with E-state index < -0.39 is 4.92 Å². The Balaban J connectivity index is 0.00000288. The zero-order valence-electron chi connectivity index (χ0n) is 14.4. The predicted octanol–water partition coefficient (Wildman–Crippen LogP) is 3.07. The molecule has 1 aliphatic heterocycles. The normalized spacial score (nSPS) is 15.4. The number of halogens is 2. The minimum atomic E-state index is -0.471. The van der Waals surface area contributed by atoms with Crippen molar-refractivity contribution in [1.29, 1.82) is 0 Å². The lowest BCUT2D eigenvalue weighted by Gasteiger charge is -2.35. The molecular formula is C16H25Cl2N3O4. The maximum absolute atomic E-state index is 11.2. The third-order valence-corrected chi connectivity index (χ3v) is 4.01. The summed E-state index contributed by atoms with van der Waals surface area (Å²) in [4.78, 5) is 12.9. The van der Waals surface area contributed by atoms with Crippen LogP contribution >= 0.6 is 24.8 Å². The number of ether oxygens (including phenoxy) is 1. The van der Waals surface area contributed by atoms with Crippen molar-refractivity contribution in [1.82, 2.24) is 10.2 Å². The highest BCUT2D eigenvalue weighted by Crippen LogP contribution is 2.41. The molecule has 0 amide bonds. The Kier molecular flexibility index (Phi) is 9.81. The average Bonchev–Trinajstić information content (AvgIpc) is 2.53. The Hall–Kier alpha value is -1.54. The van der Waals surface area contributed by atoms with Gasteiger partial charge >= 0.3 is 0 Å². The highest BCUT2D eigenvalue weighted by Gasteiger charge is 2.28. The molecule has 7 nitrogen and oxygen atoms in total. The molecule has 0 unspecified atom stereocenters. The highest BCUT2D eigenvalue weighted by molar-refractivity contribution is 5.85. The summed E-state index contributed by atoms with van der Waals surface area (Å²) in [5, 5.41) is 25.0. The first-order chi connectivity index (χ1) is 10.9. The van der Waals surface area contributed by atoms with Gasteiger partial charge in [0.25, 0.3) is 5.69 Å². The first-order valence-corrected chi connectivity index (χ1v) is 7.58. The largest absolute Gasteiger partial charge is 0.504 e. The van der Waals surface area contributed by atoms with Crippen LogP contribution in [0.3, 0.4) is 0 Å². The van der Waals surface area contributed by atoms with E-state index in [1.165, 1.54) is 19.2 Å². The van der Waals surface area contributed by atoms with E-state index in [4.69, 9.17) is 4.74 Å². The molecule has 0 spiro atoms. The molecule has 0 radical (unpaired) electrons. The van der Waals surface area contributed by atoms with E-state index in [0.717, 1.165) is 31.8 Å². The zero-order valence-corrected chi connectivity index (χ0v) is 16.0. The van der Waals surface area contributed by atoms with Crippen LogP contribution in [0.4, 0.5) is 5.69 Å². The fourth-order valence-electron chi connectivity index (χ4n) is 2.89. The first-order valence-electron chi connectivity index (χ1n) is 7.58. The van der Waals surface area contributed by atoms with Gasteiger partial charge < -0.3 is 15.2 Å². The van der Waals surface area contributed by atoms with E-state index in [0.29, 0.717) is 12.0 Å². The number of nitrogens with one attached hydrogen (secondary N) is 1. The molecule has 2 N–H and O–H groups in total. The van der Waals surface area contributed by atoms with Gasteiger partial charge in [-0.1, -0.05) is 5.57 Å². The van der Waals surface area contributed by atoms with Crippen LogP contribution in [0.2, 0.25) is 0 Å². The number of phenols is 1. The number of nitro benzene ring substituents is 1. The van der Waals surface area contributed by atoms with Gasteiger partial charge in [0, 0.05) is 43.9 Å². The fourth-order valence-corrected chi connectivity index (χ4v) is 2.89. The van der Waals surface area contributed by atoms with Crippen molar-refractivity contribution in [2.75, 3.05) is 33.3 Å². The van der Waals surface area contributed by atoms with Crippen molar-refractivity contribution in [2.45, 2.75) is 19.4 Å². The van der Waals surface area contributed by atoms with E-state index in [-0.39, 0.29) is 48.0 Å². The summed E-state index contributed by atoms with van der Waals surface area (Å²) in [7, 11) is 1.39. The lowest BCUT2D eigenvalue weighted by atomic mass is 9.96. The number of nitro groups is 1. The SMILES string of the molecule is C=C(C)C[C@H](c1cc([N+](=O)[O-])cc(OC)c1O)N1CCNCC1.Cl.Cl. The van der Waals surface area contributed by atoms with Crippen LogP contribution in [0.5, 0.6) is 11.5 Å². The van der Waals surface area contributed by atoms with Crippen molar-refractivity contribution in [2.24, 2.45) is 0 Å². The van der Waals surface area contributed by atoms with Crippen LogP contribution in [0.25, 0.3) is 0 Å². The number of nitrogens with zero attached hydrogens (tertiary/aromatic N) is 2. The van der Waals surface area contributed by atoms with Crippen LogP contribution < -0.4 is 10.1 Å². The fraction of sp³-hybridized carbons (Fsp3) is 0.500. The van der Waals surface area contributed by atoms with Crippen molar-refractivity contribution >= 4 is 30.5 Å². The molecule has 142 valence electrons. The molecule has 2 rings (SSSR count). The number of benzene rings is 1. The minimum Gasteiger partial charge on any atom is -0.504 e. The molecule has 1 atom stereocenters. The smallest absolute Gasteiger partial charge is 0.273 e. The van der Waals surface area contributed by atoms with Gasteiger partial charge in [-0.25, -0.2) is 0 Å². The highest BCUT2D eigenvalue weighted by atomic mass is 35.5. The number of aromatic hydroxyl groups is 1. The van der Waals surface area contributed by atoms with Gasteiger partial charge in [0.15, 0.2) is 11.5 Å². The Morgan fingerprint density at radius 3 is 2.52 bits per heavy atom. The lowest BCUT2D eigenvalue weighted by molar-refractivity contribution is -0.385. The molecule has 1 saturated heterocycles. The molecule has 9 heteroatoms. The molecule has 1 aromatic carbocycles. The molecule has 0 saturated carbocycles.